The monoisotopic (exact) mass is 615 g/mol. The van der Waals surface area contributed by atoms with Crippen molar-refractivity contribution in [2.24, 2.45) is 4.99 Å². The van der Waals surface area contributed by atoms with Gasteiger partial charge in [0.05, 0.1) is 44.3 Å². The van der Waals surface area contributed by atoms with E-state index in [1.54, 1.807) is 0 Å². The highest BCUT2D eigenvalue weighted by molar-refractivity contribution is 6.18. The summed E-state index contributed by atoms with van der Waals surface area (Å²) >= 11 is 0. The van der Waals surface area contributed by atoms with E-state index in [9.17, 15) is 0 Å². The number of hydrogen-bond donors (Lipinski definition) is 0. The Morgan fingerprint density at radius 3 is 2.21 bits per heavy atom. The second-order valence-corrected chi connectivity index (χ2v) is 12.4. The molecule has 4 aromatic heterocycles. The summed E-state index contributed by atoms with van der Waals surface area (Å²) in [6.45, 7) is 6.56. The van der Waals surface area contributed by atoms with E-state index in [0.717, 1.165) is 72.5 Å². The lowest BCUT2D eigenvalue weighted by Gasteiger charge is -2.13. The minimum Gasteiger partial charge on any atom is -0.311 e. The van der Waals surface area contributed by atoms with Gasteiger partial charge in [0.2, 0.25) is 0 Å². The van der Waals surface area contributed by atoms with Crippen LogP contribution in [0.25, 0.3) is 71.4 Å². The first kappa shape index (κ1) is 26.7. The first-order chi connectivity index (χ1) is 23.7. The van der Waals surface area contributed by atoms with E-state index in [1.165, 1.54) is 21.5 Å². The maximum absolute atomic E-state index is 5.30. The Bertz CT molecular complexity index is 2970. The number of hydrogen-bond acceptors (Lipinski definition) is 2. The van der Waals surface area contributed by atoms with Gasteiger partial charge in [-0.3, -0.25) is 8.97 Å². The number of nitrogens with zero attached hydrogens (tertiary/aromatic N) is 5. The first-order valence-corrected chi connectivity index (χ1v) is 16.2. The summed E-state index contributed by atoms with van der Waals surface area (Å²) in [5.41, 5.74) is 12.5. The van der Waals surface area contributed by atoms with Gasteiger partial charge in [0.1, 0.15) is 5.84 Å². The fourth-order valence-electron chi connectivity index (χ4n) is 7.56. The topological polar surface area (TPSA) is 39.0 Å². The highest BCUT2D eigenvalue weighted by Gasteiger charge is 2.20. The smallest absolute Gasteiger partial charge is 0.163 e. The Morgan fingerprint density at radius 1 is 0.625 bits per heavy atom. The second kappa shape index (κ2) is 10.0. The maximum Gasteiger partial charge on any atom is 0.163 e. The molecule has 0 saturated carbocycles. The molecule has 0 aliphatic rings. The minimum absolute atomic E-state index is 0.886. The van der Waals surface area contributed by atoms with Gasteiger partial charge in [-0.2, -0.15) is 0 Å². The molecule has 5 heteroatoms. The Kier molecular flexibility index (Phi) is 5.58. The van der Waals surface area contributed by atoms with Crippen LogP contribution in [0.15, 0.2) is 157 Å². The number of benzene rings is 6. The number of para-hydroxylation sites is 4. The van der Waals surface area contributed by atoms with Gasteiger partial charge in [-0.15, -0.1) is 0 Å². The lowest BCUT2D eigenvalue weighted by molar-refractivity contribution is 1.20. The van der Waals surface area contributed by atoms with Gasteiger partial charge in [-0.05, 0) is 54.5 Å². The van der Waals surface area contributed by atoms with Crippen LogP contribution in [-0.4, -0.2) is 24.2 Å². The van der Waals surface area contributed by atoms with Crippen molar-refractivity contribution in [3.63, 3.8) is 0 Å². The molecule has 0 aliphatic carbocycles. The van der Waals surface area contributed by atoms with Crippen LogP contribution in [0.4, 0.5) is 5.69 Å². The normalized spacial score (nSPS) is 12.5. The zero-order valence-electron chi connectivity index (χ0n) is 26.3. The van der Waals surface area contributed by atoms with Crippen LogP contribution in [-0.2, 0) is 0 Å². The first-order valence-electron chi connectivity index (χ1n) is 16.2. The molecule has 0 atom stereocenters. The molecule has 6 aromatic carbocycles. The second-order valence-electron chi connectivity index (χ2n) is 12.4. The third-order valence-electron chi connectivity index (χ3n) is 9.72. The van der Waals surface area contributed by atoms with Gasteiger partial charge in [0, 0.05) is 33.3 Å². The van der Waals surface area contributed by atoms with Crippen LogP contribution in [0.3, 0.4) is 0 Å². The fraction of sp³-hybridized carbons (Fsp3) is 0.0233. The van der Waals surface area contributed by atoms with Gasteiger partial charge in [-0.1, -0.05) is 110 Å². The summed E-state index contributed by atoms with van der Waals surface area (Å²) in [6.07, 6.45) is 2.25. The molecule has 0 amide bonds. The quantitative estimate of drug-likeness (QED) is 0.144. The standard InChI is InChI=1S/C43H29N5/c1-27(29-14-4-3-5-15-29)31-17-8-10-20-35(31)44-28(2)47-37-22-12-9-19-33(37)34-24-41-40(25-39(34)47)46-26-30-16-6-7-18-32(30)42(46)43-45-36-21-11-13-23-38(36)48(41)43/h3-26H,1H2,2H3. The van der Waals surface area contributed by atoms with Crippen molar-refractivity contribution < 1.29 is 0 Å². The van der Waals surface area contributed by atoms with E-state index in [2.05, 4.69) is 148 Å². The van der Waals surface area contributed by atoms with Crippen LogP contribution < -0.4 is 0 Å². The van der Waals surface area contributed by atoms with Crippen molar-refractivity contribution in [2.75, 3.05) is 0 Å². The molecule has 0 N–H and O–H groups in total. The number of imidazole rings is 1. The van der Waals surface area contributed by atoms with E-state index in [4.69, 9.17) is 9.98 Å². The average Bonchev–Trinajstić information content (AvgIpc) is 3.81. The molecule has 4 heterocycles. The molecule has 226 valence electrons. The lowest BCUT2D eigenvalue weighted by atomic mass is 9.98. The number of aliphatic imine (C=N–C) groups is 1. The van der Waals surface area contributed by atoms with E-state index in [-0.39, 0.29) is 0 Å². The highest BCUT2D eigenvalue weighted by Crippen LogP contribution is 2.38. The molecule has 0 aliphatic heterocycles. The number of aromatic nitrogens is 4. The van der Waals surface area contributed by atoms with E-state index < -0.39 is 0 Å². The van der Waals surface area contributed by atoms with Crippen molar-refractivity contribution in [2.45, 2.75) is 6.92 Å². The third-order valence-corrected chi connectivity index (χ3v) is 9.72. The van der Waals surface area contributed by atoms with Gasteiger partial charge < -0.3 is 4.40 Å². The zero-order chi connectivity index (χ0) is 31.9. The Balaban J connectivity index is 1.30. The van der Waals surface area contributed by atoms with Crippen LogP contribution in [0.2, 0.25) is 0 Å². The Morgan fingerprint density at radius 2 is 1.33 bits per heavy atom. The van der Waals surface area contributed by atoms with Crippen LogP contribution in [0, 0.1) is 0 Å². The Labute approximate surface area is 275 Å². The predicted octanol–water partition coefficient (Wildman–Crippen LogP) is 10.8. The summed E-state index contributed by atoms with van der Waals surface area (Å²) in [4.78, 5) is 10.5. The van der Waals surface area contributed by atoms with E-state index in [0.29, 0.717) is 0 Å². The molecular weight excluding hydrogens is 587 g/mol. The molecule has 10 aromatic rings. The van der Waals surface area contributed by atoms with Crippen molar-refractivity contribution in [1.29, 1.82) is 0 Å². The van der Waals surface area contributed by atoms with Crippen LogP contribution in [0.1, 0.15) is 18.1 Å². The summed E-state index contributed by atoms with van der Waals surface area (Å²) in [6, 6.07) is 48.9. The van der Waals surface area contributed by atoms with Crippen molar-refractivity contribution >= 4 is 82.9 Å². The highest BCUT2D eigenvalue weighted by atomic mass is 15.1. The van der Waals surface area contributed by atoms with Gasteiger partial charge in [-0.25, -0.2) is 9.98 Å². The van der Waals surface area contributed by atoms with Crippen molar-refractivity contribution in [3.05, 3.63) is 163 Å². The third kappa shape index (κ3) is 3.73. The molecule has 0 bridgehead atoms. The molecular formula is C43H29N5. The molecule has 0 saturated heterocycles. The summed E-state index contributed by atoms with van der Waals surface area (Å²) in [5, 5.41) is 4.73. The molecule has 5 nitrogen and oxygen atoms in total. The molecule has 48 heavy (non-hydrogen) atoms. The molecule has 0 spiro atoms. The maximum atomic E-state index is 5.30. The van der Waals surface area contributed by atoms with Gasteiger partial charge in [0.25, 0.3) is 0 Å². The largest absolute Gasteiger partial charge is 0.311 e. The Hall–Kier alpha value is -6.46. The predicted molar refractivity (Wildman–Crippen MR) is 201 cm³/mol. The summed E-state index contributed by atoms with van der Waals surface area (Å²) in [5.74, 6) is 0.886. The van der Waals surface area contributed by atoms with Crippen LogP contribution >= 0.6 is 0 Å². The number of rotatable bonds is 3. The number of fused-ring (bicyclic) bond motifs is 13. The lowest BCUT2D eigenvalue weighted by Crippen LogP contribution is -2.07. The minimum atomic E-state index is 0.886. The van der Waals surface area contributed by atoms with Crippen molar-refractivity contribution in [1.82, 2.24) is 18.4 Å². The zero-order valence-corrected chi connectivity index (χ0v) is 26.3. The van der Waals surface area contributed by atoms with Gasteiger partial charge in [0.15, 0.2) is 5.65 Å². The summed E-state index contributed by atoms with van der Waals surface area (Å²) in [7, 11) is 0. The van der Waals surface area contributed by atoms with E-state index >= 15 is 0 Å². The molecule has 0 radical (unpaired) electrons. The molecule has 0 unspecified atom stereocenters. The van der Waals surface area contributed by atoms with Gasteiger partial charge >= 0.3 is 0 Å². The summed E-state index contributed by atoms with van der Waals surface area (Å²) < 4.78 is 6.97. The molecule has 0 fully saturated rings. The van der Waals surface area contributed by atoms with Crippen molar-refractivity contribution in [3.8, 4) is 0 Å². The van der Waals surface area contributed by atoms with Crippen LogP contribution in [0.5, 0.6) is 0 Å². The average molecular weight is 616 g/mol. The SMILES string of the molecule is C=C(c1ccccc1)c1ccccc1N=C(C)n1c2ccccc2c2cc3c(cc21)n1cc2ccccc2c1c1nc2ccccc2n31. The fourth-order valence-corrected chi connectivity index (χ4v) is 7.56. The van der Waals surface area contributed by atoms with E-state index in [1.807, 2.05) is 24.3 Å². The molecule has 10 rings (SSSR count).